The number of anilines is 1. The van der Waals surface area contributed by atoms with Crippen molar-refractivity contribution >= 4 is 44.1 Å². The third kappa shape index (κ3) is 2.98. The molecule has 0 saturated heterocycles. The van der Waals surface area contributed by atoms with Gasteiger partial charge in [-0.2, -0.15) is 0 Å². The molecule has 0 bridgehead atoms. The number of thiophene rings is 1. The molecule has 3 aromatic rings. The summed E-state index contributed by atoms with van der Waals surface area (Å²) < 4.78 is 5.27. The van der Waals surface area contributed by atoms with Crippen molar-refractivity contribution in [1.82, 2.24) is 10.3 Å². The molecule has 2 atom stereocenters. The van der Waals surface area contributed by atoms with Crippen LogP contribution in [0.3, 0.4) is 0 Å². The van der Waals surface area contributed by atoms with Crippen LogP contribution in [0.2, 0.25) is 0 Å². The molecular weight excluding hydrogens is 346 g/mol. The number of pyridine rings is 1. The molecule has 1 amide bonds. The first-order valence-electron chi connectivity index (χ1n) is 9.04. The number of nitrogens with zero attached hydrogens (tertiary/aromatic N) is 1. The Labute approximate surface area is 156 Å². The summed E-state index contributed by atoms with van der Waals surface area (Å²) in [6, 6.07) is 7.99. The van der Waals surface area contributed by atoms with E-state index in [0.29, 0.717) is 16.5 Å². The van der Waals surface area contributed by atoms with Crippen molar-refractivity contribution in [2.45, 2.75) is 38.6 Å². The lowest BCUT2D eigenvalue weighted by Gasteiger charge is -2.29. The molecule has 0 aliphatic heterocycles. The van der Waals surface area contributed by atoms with Gasteiger partial charge in [0.05, 0.1) is 18.3 Å². The van der Waals surface area contributed by atoms with E-state index < -0.39 is 0 Å². The highest BCUT2D eigenvalue weighted by Gasteiger charge is 2.25. The lowest BCUT2D eigenvalue weighted by Crippen LogP contribution is -2.40. The Morgan fingerprint density at radius 3 is 2.88 bits per heavy atom. The minimum atomic E-state index is -0.0779. The molecule has 4 rings (SSSR count). The topological polar surface area (TPSA) is 77.2 Å². The third-order valence-electron chi connectivity index (χ3n) is 5.36. The molecule has 1 fully saturated rings. The minimum Gasteiger partial charge on any atom is -0.497 e. The molecule has 2 heterocycles. The fourth-order valence-electron chi connectivity index (χ4n) is 3.73. The predicted octanol–water partition coefficient (Wildman–Crippen LogP) is 4.35. The zero-order chi connectivity index (χ0) is 18.3. The van der Waals surface area contributed by atoms with E-state index in [-0.39, 0.29) is 11.9 Å². The first-order chi connectivity index (χ1) is 12.6. The van der Waals surface area contributed by atoms with Gasteiger partial charge in [0.1, 0.15) is 15.5 Å². The molecule has 1 aliphatic rings. The zero-order valence-electron chi connectivity index (χ0n) is 15.0. The van der Waals surface area contributed by atoms with Crippen LogP contribution in [0.1, 0.15) is 42.3 Å². The number of rotatable bonds is 3. The van der Waals surface area contributed by atoms with Crippen LogP contribution in [0.15, 0.2) is 24.3 Å². The van der Waals surface area contributed by atoms with Crippen LogP contribution in [0.4, 0.5) is 5.69 Å². The molecule has 3 N–H and O–H groups in total. The Morgan fingerprint density at radius 2 is 2.12 bits per heavy atom. The van der Waals surface area contributed by atoms with Crippen LogP contribution in [0.25, 0.3) is 21.1 Å². The monoisotopic (exact) mass is 369 g/mol. The Hall–Kier alpha value is -2.34. The van der Waals surface area contributed by atoms with Gasteiger partial charge in [-0.05, 0) is 37.0 Å². The summed E-state index contributed by atoms with van der Waals surface area (Å²) in [5.74, 6) is 1.19. The second kappa shape index (κ2) is 6.76. The molecule has 5 nitrogen and oxygen atoms in total. The lowest BCUT2D eigenvalue weighted by atomic mass is 9.86. The fourth-order valence-corrected chi connectivity index (χ4v) is 4.72. The maximum absolute atomic E-state index is 12.8. The summed E-state index contributed by atoms with van der Waals surface area (Å²) in [5.41, 5.74) is 7.67. The number of carbonyl (C=O) groups is 1. The van der Waals surface area contributed by atoms with E-state index in [1.54, 1.807) is 7.11 Å². The van der Waals surface area contributed by atoms with Crippen molar-refractivity contribution in [2.75, 3.05) is 12.8 Å². The van der Waals surface area contributed by atoms with E-state index in [0.717, 1.165) is 33.3 Å². The van der Waals surface area contributed by atoms with Gasteiger partial charge in [-0.1, -0.05) is 19.8 Å². The number of amides is 1. The summed E-state index contributed by atoms with van der Waals surface area (Å²) in [7, 11) is 1.64. The number of fused-ring (bicyclic) bond motifs is 2. The van der Waals surface area contributed by atoms with Crippen molar-refractivity contribution in [1.29, 1.82) is 0 Å². The standard InChI is InChI=1S/C20H23N3O2S/c1-11-5-3-4-6-15(11)22-19(24)18-17(21)14-9-12-7-8-13(25-2)10-16(12)23-20(14)26-18/h7-11,15H,3-6,21H2,1-2H3,(H,22,24)/t11-,15+/m0/s1. The molecule has 1 saturated carbocycles. The SMILES string of the molecule is COc1ccc2cc3c(N)c(C(=O)N[C@@H]4CCCC[C@@H]4C)sc3nc2c1. The number of nitrogens with one attached hydrogen (secondary N) is 1. The average Bonchev–Trinajstić information content (AvgIpc) is 2.97. The van der Waals surface area contributed by atoms with Gasteiger partial charge in [0, 0.05) is 22.9 Å². The van der Waals surface area contributed by atoms with E-state index in [1.165, 1.54) is 30.6 Å². The van der Waals surface area contributed by atoms with Gasteiger partial charge in [0.15, 0.2) is 0 Å². The summed E-state index contributed by atoms with van der Waals surface area (Å²) in [5, 5.41) is 5.01. The Bertz CT molecular complexity index is 982. The van der Waals surface area contributed by atoms with Gasteiger partial charge in [-0.15, -0.1) is 11.3 Å². The van der Waals surface area contributed by atoms with Gasteiger partial charge in [-0.3, -0.25) is 4.79 Å². The first kappa shape index (κ1) is 17.1. The van der Waals surface area contributed by atoms with E-state index in [9.17, 15) is 4.79 Å². The Balaban J connectivity index is 1.69. The van der Waals surface area contributed by atoms with Gasteiger partial charge < -0.3 is 15.8 Å². The van der Waals surface area contributed by atoms with Crippen molar-refractivity contribution in [3.63, 3.8) is 0 Å². The molecule has 1 aromatic carbocycles. The molecule has 6 heteroatoms. The van der Waals surface area contributed by atoms with Crippen molar-refractivity contribution in [3.05, 3.63) is 29.1 Å². The number of nitrogens with two attached hydrogens (primary N) is 1. The number of aromatic nitrogens is 1. The van der Waals surface area contributed by atoms with Crippen LogP contribution in [0, 0.1) is 5.92 Å². The Morgan fingerprint density at radius 1 is 1.31 bits per heavy atom. The van der Waals surface area contributed by atoms with Crippen LogP contribution in [-0.4, -0.2) is 24.0 Å². The quantitative estimate of drug-likeness (QED) is 0.719. The van der Waals surface area contributed by atoms with Crippen LogP contribution < -0.4 is 15.8 Å². The summed E-state index contributed by atoms with van der Waals surface area (Å²) in [6.07, 6.45) is 4.63. The van der Waals surface area contributed by atoms with Gasteiger partial charge in [-0.25, -0.2) is 4.98 Å². The largest absolute Gasteiger partial charge is 0.497 e. The number of benzene rings is 1. The normalized spacial score (nSPS) is 20.4. The number of methoxy groups -OCH3 is 1. The Kier molecular flexibility index (Phi) is 4.44. The fraction of sp³-hybridized carbons (Fsp3) is 0.400. The molecule has 26 heavy (non-hydrogen) atoms. The van der Waals surface area contributed by atoms with E-state index in [1.807, 2.05) is 24.3 Å². The number of ether oxygens (including phenoxy) is 1. The highest BCUT2D eigenvalue weighted by molar-refractivity contribution is 7.21. The van der Waals surface area contributed by atoms with Gasteiger partial charge in [0.2, 0.25) is 0 Å². The van der Waals surface area contributed by atoms with Crippen molar-refractivity contribution in [3.8, 4) is 5.75 Å². The molecule has 0 spiro atoms. The maximum Gasteiger partial charge on any atom is 0.263 e. The van der Waals surface area contributed by atoms with Gasteiger partial charge in [0.25, 0.3) is 5.91 Å². The number of carbonyl (C=O) groups excluding carboxylic acids is 1. The molecular formula is C20H23N3O2S. The number of hydrogen-bond donors (Lipinski definition) is 2. The molecule has 0 unspecified atom stereocenters. The van der Waals surface area contributed by atoms with Crippen LogP contribution >= 0.6 is 11.3 Å². The molecule has 1 aliphatic carbocycles. The first-order valence-corrected chi connectivity index (χ1v) is 9.86. The number of nitrogen functional groups attached to an aromatic ring is 1. The van der Waals surface area contributed by atoms with Crippen molar-refractivity contribution in [2.24, 2.45) is 5.92 Å². The average molecular weight is 369 g/mol. The van der Waals surface area contributed by atoms with E-state index in [4.69, 9.17) is 15.5 Å². The summed E-state index contributed by atoms with van der Waals surface area (Å²) in [4.78, 5) is 18.8. The van der Waals surface area contributed by atoms with Crippen molar-refractivity contribution < 1.29 is 9.53 Å². The van der Waals surface area contributed by atoms with Crippen LogP contribution in [-0.2, 0) is 0 Å². The molecule has 136 valence electrons. The highest BCUT2D eigenvalue weighted by Crippen LogP contribution is 2.35. The summed E-state index contributed by atoms with van der Waals surface area (Å²) >= 11 is 1.36. The second-order valence-corrected chi connectivity index (χ2v) is 8.09. The zero-order valence-corrected chi connectivity index (χ0v) is 15.9. The lowest BCUT2D eigenvalue weighted by molar-refractivity contribution is 0.0915. The smallest absolute Gasteiger partial charge is 0.263 e. The maximum atomic E-state index is 12.8. The predicted molar refractivity (Wildman–Crippen MR) is 107 cm³/mol. The van der Waals surface area contributed by atoms with E-state index >= 15 is 0 Å². The molecule has 0 radical (unpaired) electrons. The van der Waals surface area contributed by atoms with E-state index in [2.05, 4.69) is 12.2 Å². The second-order valence-electron chi connectivity index (χ2n) is 7.09. The minimum absolute atomic E-state index is 0.0779. The highest BCUT2D eigenvalue weighted by atomic mass is 32.1. The molecule has 2 aromatic heterocycles. The third-order valence-corrected chi connectivity index (χ3v) is 6.47. The van der Waals surface area contributed by atoms with Gasteiger partial charge >= 0.3 is 0 Å². The summed E-state index contributed by atoms with van der Waals surface area (Å²) in [6.45, 7) is 2.21. The van der Waals surface area contributed by atoms with Crippen LogP contribution in [0.5, 0.6) is 5.75 Å². The number of hydrogen-bond acceptors (Lipinski definition) is 5.